The van der Waals surface area contributed by atoms with Gasteiger partial charge >= 0.3 is 0 Å². The normalized spacial score (nSPS) is 14.3. The molecule has 0 spiro atoms. The van der Waals surface area contributed by atoms with Crippen LogP contribution in [0.25, 0.3) is 11.5 Å². The zero-order valence-electron chi connectivity index (χ0n) is 16.0. The summed E-state index contributed by atoms with van der Waals surface area (Å²) in [6.07, 6.45) is 0.330. The molecule has 1 aliphatic rings. The Balaban J connectivity index is 1.33. The van der Waals surface area contributed by atoms with Crippen molar-refractivity contribution in [2.75, 3.05) is 26.2 Å². The molecule has 0 bridgehead atoms. The second kappa shape index (κ2) is 8.13. The monoisotopic (exact) mass is 412 g/mol. The maximum absolute atomic E-state index is 12.7. The number of furan rings is 1. The third kappa shape index (κ3) is 4.35. The summed E-state index contributed by atoms with van der Waals surface area (Å²) < 4.78 is 5.56. The van der Waals surface area contributed by atoms with E-state index in [2.05, 4.69) is 10.2 Å². The van der Waals surface area contributed by atoms with E-state index in [0.29, 0.717) is 54.8 Å². The van der Waals surface area contributed by atoms with Gasteiger partial charge in [-0.1, -0.05) is 23.7 Å². The van der Waals surface area contributed by atoms with Crippen molar-refractivity contribution >= 4 is 23.4 Å². The lowest BCUT2D eigenvalue weighted by Crippen LogP contribution is -2.51. The van der Waals surface area contributed by atoms with E-state index in [9.17, 15) is 9.59 Å². The molecule has 2 amide bonds. The summed E-state index contributed by atoms with van der Waals surface area (Å²) in [5.74, 6) is 1.34. The molecule has 3 aromatic rings. The van der Waals surface area contributed by atoms with Gasteiger partial charge in [-0.2, -0.15) is 5.10 Å². The molecule has 1 aliphatic heterocycles. The molecule has 0 saturated carbocycles. The van der Waals surface area contributed by atoms with Crippen molar-refractivity contribution in [2.24, 2.45) is 0 Å². The lowest BCUT2D eigenvalue weighted by Gasteiger charge is -2.34. The number of aromatic nitrogens is 2. The number of carbonyl (C=O) groups is 2. The van der Waals surface area contributed by atoms with Gasteiger partial charge in [0.15, 0.2) is 11.5 Å². The molecule has 1 fully saturated rings. The van der Waals surface area contributed by atoms with Gasteiger partial charge in [-0.15, -0.1) is 0 Å². The molecule has 1 N–H and O–H groups in total. The Morgan fingerprint density at radius 1 is 1.07 bits per heavy atom. The molecule has 1 aromatic carbocycles. The first-order valence-corrected chi connectivity index (χ1v) is 9.81. The summed E-state index contributed by atoms with van der Waals surface area (Å²) in [4.78, 5) is 28.8. The fourth-order valence-corrected chi connectivity index (χ4v) is 3.47. The molecule has 150 valence electrons. The first kappa shape index (κ1) is 19.3. The first-order valence-electron chi connectivity index (χ1n) is 9.43. The number of halogens is 1. The highest BCUT2D eigenvalue weighted by Gasteiger charge is 2.26. The van der Waals surface area contributed by atoms with Crippen molar-refractivity contribution in [3.05, 3.63) is 64.5 Å². The molecule has 0 aliphatic carbocycles. The second-order valence-corrected chi connectivity index (χ2v) is 7.49. The average Bonchev–Trinajstić information content (AvgIpc) is 3.38. The smallest absolute Gasteiger partial charge is 0.274 e. The third-order valence-corrected chi connectivity index (χ3v) is 5.24. The molecule has 3 heterocycles. The highest BCUT2D eigenvalue weighted by molar-refractivity contribution is 6.30. The van der Waals surface area contributed by atoms with Gasteiger partial charge in [0, 0.05) is 37.3 Å². The molecule has 8 heteroatoms. The molecule has 4 rings (SSSR count). The van der Waals surface area contributed by atoms with Crippen LogP contribution in [-0.4, -0.2) is 58.0 Å². The van der Waals surface area contributed by atoms with Crippen LogP contribution in [0.4, 0.5) is 0 Å². The quantitative estimate of drug-likeness (QED) is 0.713. The molecule has 29 heavy (non-hydrogen) atoms. The predicted octanol–water partition coefficient (Wildman–Crippen LogP) is 3.16. The second-order valence-electron chi connectivity index (χ2n) is 7.05. The van der Waals surface area contributed by atoms with Crippen molar-refractivity contribution in [1.82, 2.24) is 20.0 Å². The van der Waals surface area contributed by atoms with Gasteiger partial charge in [0.2, 0.25) is 5.91 Å². The van der Waals surface area contributed by atoms with Crippen LogP contribution in [-0.2, 0) is 11.2 Å². The Kier molecular flexibility index (Phi) is 5.40. The minimum absolute atomic E-state index is 0.0506. The molecule has 0 atom stereocenters. The molecule has 0 unspecified atom stereocenters. The Bertz CT molecular complexity index is 1020. The number of aryl methyl sites for hydroxylation is 1. The summed E-state index contributed by atoms with van der Waals surface area (Å²) >= 11 is 5.89. The van der Waals surface area contributed by atoms with E-state index in [-0.39, 0.29) is 11.8 Å². The molecular weight excluding hydrogens is 392 g/mol. The topological polar surface area (TPSA) is 82.4 Å². The van der Waals surface area contributed by atoms with Gasteiger partial charge < -0.3 is 14.2 Å². The third-order valence-electron chi connectivity index (χ3n) is 4.99. The highest BCUT2D eigenvalue weighted by Crippen LogP contribution is 2.21. The van der Waals surface area contributed by atoms with E-state index < -0.39 is 0 Å². The lowest BCUT2D eigenvalue weighted by molar-refractivity contribution is -0.131. The summed E-state index contributed by atoms with van der Waals surface area (Å²) in [5.41, 5.74) is 1.93. The molecular formula is C21H21ClN4O3. The van der Waals surface area contributed by atoms with E-state index in [1.807, 2.05) is 31.2 Å². The average molecular weight is 413 g/mol. The number of carbonyl (C=O) groups excluding carboxylic acids is 2. The molecule has 7 nitrogen and oxygen atoms in total. The van der Waals surface area contributed by atoms with Gasteiger partial charge in [-0.05, 0) is 36.8 Å². The fraction of sp³-hybridized carbons (Fsp3) is 0.286. The number of rotatable bonds is 4. The number of benzene rings is 1. The van der Waals surface area contributed by atoms with Crippen molar-refractivity contribution < 1.29 is 14.0 Å². The van der Waals surface area contributed by atoms with Gasteiger partial charge in [0.1, 0.15) is 11.5 Å². The molecule has 1 saturated heterocycles. The largest absolute Gasteiger partial charge is 0.460 e. The lowest BCUT2D eigenvalue weighted by atomic mass is 10.1. The van der Waals surface area contributed by atoms with Crippen molar-refractivity contribution in [3.8, 4) is 11.5 Å². The van der Waals surface area contributed by atoms with E-state index in [0.717, 1.165) is 11.3 Å². The SMILES string of the molecule is Cc1ccc(-c2cc(C(=O)N3CCN(C(=O)Cc4ccc(Cl)cc4)CC3)n[nH]2)o1. The molecule has 0 radical (unpaired) electrons. The Morgan fingerprint density at radius 2 is 1.76 bits per heavy atom. The summed E-state index contributed by atoms with van der Waals surface area (Å²) in [5, 5.41) is 7.62. The van der Waals surface area contributed by atoms with Gasteiger partial charge in [-0.3, -0.25) is 14.7 Å². The van der Waals surface area contributed by atoms with Crippen LogP contribution < -0.4 is 0 Å². The number of amides is 2. The number of hydrogen-bond donors (Lipinski definition) is 1. The Morgan fingerprint density at radius 3 is 2.41 bits per heavy atom. The number of nitrogens with zero attached hydrogens (tertiary/aromatic N) is 3. The number of aromatic amines is 1. The standard InChI is InChI=1S/C21H21ClN4O3/c1-14-2-7-19(29-14)17-13-18(24-23-17)21(28)26-10-8-25(9-11-26)20(27)12-15-3-5-16(22)6-4-15/h2-7,13H,8-12H2,1H3,(H,23,24). The van der Waals surface area contributed by atoms with Crippen LogP contribution in [0.1, 0.15) is 21.8 Å². The Hall–Kier alpha value is -3.06. The van der Waals surface area contributed by atoms with Crippen LogP contribution >= 0.6 is 11.6 Å². The van der Waals surface area contributed by atoms with Crippen LogP contribution in [0, 0.1) is 6.92 Å². The van der Waals surface area contributed by atoms with Gasteiger partial charge in [-0.25, -0.2) is 0 Å². The predicted molar refractivity (Wildman–Crippen MR) is 109 cm³/mol. The number of hydrogen-bond acceptors (Lipinski definition) is 4. The Labute approximate surface area is 173 Å². The zero-order chi connectivity index (χ0) is 20.4. The van der Waals surface area contributed by atoms with E-state index >= 15 is 0 Å². The summed E-state index contributed by atoms with van der Waals surface area (Å²) in [6.45, 7) is 3.83. The number of H-pyrrole nitrogens is 1. The van der Waals surface area contributed by atoms with E-state index in [4.69, 9.17) is 16.0 Å². The van der Waals surface area contributed by atoms with Gasteiger partial charge in [0.25, 0.3) is 5.91 Å². The zero-order valence-corrected chi connectivity index (χ0v) is 16.8. The maximum Gasteiger partial charge on any atom is 0.274 e. The van der Waals surface area contributed by atoms with E-state index in [1.165, 1.54) is 0 Å². The summed E-state index contributed by atoms with van der Waals surface area (Å²) in [7, 11) is 0. The first-order chi connectivity index (χ1) is 14.0. The van der Waals surface area contributed by atoms with Crippen molar-refractivity contribution in [3.63, 3.8) is 0 Å². The fourth-order valence-electron chi connectivity index (χ4n) is 3.35. The van der Waals surface area contributed by atoms with E-state index in [1.54, 1.807) is 28.0 Å². The minimum atomic E-state index is -0.152. The number of piperazine rings is 1. The van der Waals surface area contributed by atoms with Crippen molar-refractivity contribution in [2.45, 2.75) is 13.3 Å². The highest BCUT2D eigenvalue weighted by atomic mass is 35.5. The summed E-state index contributed by atoms with van der Waals surface area (Å²) in [6, 6.07) is 12.7. The molecule has 2 aromatic heterocycles. The van der Waals surface area contributed by atoms with Crippen LogP contribution in [0.2, 0.25) is 5.02 Å². The van der Waals surface area contributed by atoms with Crippen LogP contribution in [0.5, 0.6) is 0 Å². The van der Waals surface area contributed by atoms with Crippen molar-refractivity contribution in [1.29, 1.82) is 0 Å². The van der Waals surface area contributed by atoms with Crippen LogP contribution in [0.3, 0.4) is 0 Å². The van der Waals surface area contributed by atoms with Crippen LogP contribution in [0.15, 0.2) is 46.9 Å². The minimum Gasteiger partial charge on any atom is -0.460 e. The maximum atomic E-state index is 12.7. The van der Waals surface area contributed by atoms with Gasteiger partial charge in [0.05, 0.1) is 6.42 Å². The number of nitrogens with one attached hydrogen (secondary N) is 1.